The normalized spacial score (nSPS) is 12.2. The van der Waals surface area contributed by atoms with E-state index < -0.39 is 6.10 Å². The van der Waals surface area contributed by atoms with Gasteiger partial charge in [-0.15, -0.1) is 0 Å². The van der Waals surface area contributed by atoms with E-state index in [1.807, 2.05) is 37.3 Å². The molecule has 0 aliphatic heterocycles. The summed E-state index contributed by atoms with van der Waals surface area (Å²) >= 11 is 0. The van der Waals surface area contributed by atoms with Gasteiger partial charge in [-0.1, -0.05) is 36.8 Å². The van der Waals surface area contributed by atoms with E-state index in [1.165, 1.54) is 5.56 Å². The summed E-state index contributed by atoms with van der Waals surface area (Å²) < 4.78 is 5.53. The molecule has 1 unspecified atom stereocenters. The first-order valence-electron chi connectivity index (χ1n) is 6.53. The van der Waals surface area contributed by atoms with Gasteiger partial charge in [0.05, 0.1) is 12.8 Å². The minimum atomic E-state index is -0.668. The molecule has 0 aliphatic rings. The number of aryl methyl sites for hydroxylation is 1. The molecule has 1 atom stereocenters. The predicted octanol–water partition coefficient (Wildman–Crippen LogP) is 3.26. The summed E-state index contributed by atoms with van der Waals surface area (Å²) in [6.07, 6.45) is 3.62. The number of benzene rings is 1. The molecule has 19 heavy (non-hydrogen) atoms. The van der Waals surface area contributed by atoms with Crippen molar-refractivity contribution >= 4 is 0 Å². The highest BCUT2D eigenvalue weighted by Gasteiger charge is 2.11. The fourth-order valence-corrected chi connectivity index (χ4v) is 1.83. The van der Waals surface area contributed by atoms with Crippen molar-refractivity contribution in [3.63, 3.8) is 0 Å². The fourth-order valence-electron chi connectivity index (χ4n) is 1.83. The van der Waals surface area contributed by atoms with E-state index in [2.05, 4.69) is 11.9 Å². The molecule has 1 aromatic heterocycles. The van der Waals surface area contributed by atoms with E-state index in [0.29, 0.717) is 12.4 Å². The first-order chi connectivity index (χ1) is 9.20. The van der Waals surface area contributed by atoms with Crippen molar-refractivity contribution in [1.29, 1.82) is 0 Å². The van der Waals surface area contributed by atoms with Crippen LogP contribution in [0, 0.1) is 6.92 Å². The number of aliphatic hydroxyl groups is 1. The Morgan fingerprint density at radius 3 is 2.58 bits per heavy atom. The second-order valence-electron chi connectivity index (χ2n) is 4.62. The molecule has 0 bridgehead atoms. The summed E-state index contributed by atoms with van der Waals surface area (Å²) in [7, 11) is 0. The van der Waals surface area contributed by atoms with Crippen molar-refractivity contribution in [1.82, 2.24) is 4.98 Å². The van der Waals surface area contributed by atoms with Gasteiger partial charge in [0.15, 0.2) is 0 Å². The lowest BCUT2D eigenvalue weighted by Gasteiger charge is -2.13. The van der Waals surface area contributed by atoms with E-state index in [1.54, 1.807) is 12.4 Å². The predicted molar refractivity (Wildman–Crippen MR) is 75.3 cm³/mol. The van der Waals surface area contributed by atoms with Gasteiger partial charge in [-0.05, 0) is 25.0 Å². The van der Waals surface area contributed by atoms with Gasteiger partial charge in [0.1, 0.15) is 11.9 Å². The maximum Gasteiger partial charge on any atom is 0.137 e. The molecule has 2 rings (SSSR count). The number of aliphatic hydroxyl groups excluding tert-OH is 1. The number of ether oxygens (including phenoxy) is 1. The van der Waals surface area contributed by atoms with E-state index in [9.17, 15) is 5.11 Å². The van der Waals surface area contributed by atoms with Crippen molar-refractivity contribution in [2.45, 2.75) is 26.4 Å². The monoisotopic (exact) mass is 257 g/mol. The Balaban J connectivity index is 2.18. The zero-order chi connectivity index (χ0) is 13.7. The average molecular weight is 257 g/mol. The zero-order valence-corrected chi connectivity index (χ0v) is 11.3. The van der Waals surface area contributed by atoms with Gasteiger partial charge in [0.25, 0.3) is 0 Å². The molecule has 3 heteroatoms. The lowest BCUT2D eigenvalue weighted by Crippen LogP contribution is -2.02. The number of hydrogen-bond donors (Lipinski definition) is 1. The Labute approximate surface area is 113 Å². The van der Waals surface area contributed by atoms with Crippen LogP contribution in [0.3, 0.4) is 0 Å². The lowest BCUT2D eigenvalue weighted by molar-refractivity contribution is 0.218. The van der Waals surface area contributed by atoms with Gasteiger partial charge < -0.3 is 9.84 Å². The van der Waals surface area contributed by atoms with Gasteiger partial charge in [-0.25, -0.2) is 0 Å². The van der Waals surface area contributed by atoms with E-state index >= 15 is 0 Å². The highest BCUT2D eigenvalue weighted by Crippen LogP contribution is 2.24. The van der Waals surface area contributed by atoms with E-state index in [-0.39, 0.29) is 0 Å². The van der Waals surface area contributed by atoms with Crippen molar-refractivity contribution in [3.8, 4) is 5.75 Å². The number of nitrogens with zero attached hydrogens (tertiary/aromatic N) is 1. The van der Waals surface area contributed by atoms with Crippen molar-refractivity contribution in [2.75, 3.05) is 6.61 Å². The molecule has 3 nitrogen and oxygen atoms in total. The third kappa shape index (κ3) is 3.55. The number of hydrogen-bond acceptors (Lipinski definition) is 3. The summed E-state index contributed by atoms with van der Waals surface area (Å²) in [4.78, 5) is 4.12. The maximum atomic E-state index is 10.3. The SMILES string of the molecule is CCCOc1cncc(C(O)c2ccc(C)cc2)c1. The van der Waals surface area contributed by atoms with Gasteiger partial charge in [0.2, 0.25) is 0 Å². The molecule has 0 saturated carbocycles. The molecular formula is C16H19NO2. The lowest BCUT2D eigenvalue weighted by atomic mass is 10.0. The summed E-state index contributed by atoms with van der Waals surface area (Å²) in [6, 6.07) is 9.68. The second kappa shape index (κ2) is 6.34. The average Bonchev–Trinajstić information content (AvgIpc) is 2.45. The maximum absolute atomic E-state index is 10.3. The standard InChI is InChI=1S/C16H19NO2/c1-3-8-19-15-9-14(10-17-11-15)16(18)13-6-4-12(2)5-7-13/h4-7,9-11,16,18H,3,8H2,1-2H3. The highest BCUT2D eigenvalue weighted by atomic mass is 16.5. The Kier molecular flexibility index (Phi) is 4.53. The first-order valence-corrected chi connectivity index (χ1v) is 6.53. The molecule has 0 radical (unpaired) electrons. The molecule has 0 fully saturated rings. The number of pyridine rings is 1. The molecule has 1 heterocycles. The molecule has 100 valence electrons. The minimum absolute atomic E-state index is 0.658. The van der Waals surface area contributed by atoms with Crippen molar-refractivity contribution in [2.24, 2.45) is 0 Å². The molecule has 1 N–H and O–H groups in total. The van der Waals surface area contributed by atoms with Crippen LogP contribution in [0.5, 0.6) is 5.75 Å². The molecule has 0 aliphatic carbocycles. The van der Waals surface area contributed by atoms with Crippen LogP contribution in [0.25, 0.3) is 0 Å². The van der Waals surface area contributed by atoms with Gasteiger partial charge >= 0.3 is 0 Å². The fraction of sp³-hybridized carbons (Fsp3) is 0.312. The molecule has 1 aromatic carbocycles. The summed E-state index contributed by atoms with van der Waals surface area (Å²) in [5, 5.41) is 10.3. The van der Waals surface area contributed by atoms with Crippen LogP contribution in [-0.4, -0.2) is 16.7 Å². The van der Waals surface area contributed by atoms with Gasteiger partial charge in [-0.3, -0.25) is 4.98 Å². The quantitative estimate of drug-likeness (QED) is 0.894. The Morgan fingerprint density at radius 1 is 1.16 bits per heavy atom. The van der Waals surface area contributed by atoms with Crippen LogP contribution < -0.4 is 4.74 Å². The molecule has 0 saturated heterocycles. The number of rotatable bonds is 5. The zero-order valence-electron chi connectivity index (χ0n) is 11.3. The first kappa shape index (κ1) is 13.6. The number of aromatic nitrogens is 1. The Hall–Kier alpha value is -1.87. The van der Waals surface area contributed by atoms with Crippen LogP contribution in [0.4, 0.5) is 0 Å². The summed E-state index contributed by atoms with van der Waals surface area (Å²) in [5.74, 6) is 0.700. The van der Waals surface area contributed by atoms with Crippen molar-refractivity contribution < 1.29 is 9.84 Å². The molecule has 2 aromatic rings. The van der Waals surface area contributed by atoms with E-state index in [0.717, 1.165) is 17.5 Å². The van der Waals surface area contributed by atoms with Gasteiger partial charge in [0, 0.05) is 11.8 Å². The van der Waals surface area contributed by atoms with Crippen LogP contribution in [0.1, 0.15) is 36.1 Å². The molecule has 0 spiro atoms. The largest absolute Gasteiger partial charge is 0.492 e. The third-order valence-corrected chi connectivity index (χ3v) is 2.92. The molecule has 0 amide bonds. The highest BCUT2D eigenvalue weighted by molar-refractivity contribution is 5.33. The second-order valence-corrected chi connectivity index (χ2v) is 4.62. The minimum Gasteiger partial charge on any atom is -0.492 e. The van der Waals surface area contributed by atoms with Crippen LogP contribution in [-0.2, 0) is 0 Å². The van der Waals surface area contributed by atoms with Crippen molar-refractivity contribution in [3.05, 3.63) is 59.4 Å². The van der Waals surface area contributed by atoms with Crippen LogP contribution in [0.2, 0.25) is 0 Å². The smallest absolute Gasteiger partial charge is 0.137 e. The van der Waals surface area contributed by atoms with Gasteiger partial charge in [-0.2, -0.15) is 0 Å². The summed E-state index contributed by atoms with van der Waals surface area (Å²) in [6.45, 7) is 4.74. The van der Waals surface area contributed by atoms with E-state index in [4.69, 9.17) is 4.74 Å². The summed E-state index contributed by atoms with van der Waals surface area (Å²) in [5.41, 5.74) is 2.78. The van der Waals surface area contributed by atoms with Crippen LogP contribution >= 0.6 is 0 Å². The third-order valence-electron chi connectivity index (χ3n) is 2.92. The topological polar surface area (TPSA) is 42.4 Å². The Bertz CT molecular complexity index is 523. The molecular weight excluding hydrogens is 238 g/mol. The van der Waals surface area contributed by atoms with Crippen LogP contribution in [0.15, 0.2) is 42.7 Å². The Morgan fingerprint density at radius 2 is 1.89 bits per heavy atom.